The Morgan fingerprint density at radius 1 is 1.33 bits per heavy atom. The summed E-state index contributed by atoms with van der Waals surface area (Å²) in [5.74, 6) is -0.358. The van der Waals surface area contributed by atoms with Gasteiger partial charge in [0.25, 0.3) is 11.5 Å². The number of hydrogen-bond acceptors (Lipinski definition) is 5. The maximum atomic E-state index is 12.8. The Morgan fingerprint density at radius 3 is 2.75 bits per heavy atom. The molecule has 3 rings (SSSR count). The molecule has 1 amide bonds. The highest BCUT2D eigenvalue weighted by molar-refractivity contribution is 7.11. The standard InChI is InChI=1S/C17H18N4O2S/c1-10(15-11(2)24-12(3)19-15)20(4)16(22)13-9-18-14-7-5-6-8-21(14)17(13)23/h5-10H,1-4H3. The third-order valence-electron chi connectivity index (χ3n) is 4.08. The first-order valence-corrected chi connectivity index (χ1v) is 8.39. The van der Waals surface area contributed by atoms with Crippen LogP contribution in [0.1, 0.15) is 38.9 Å². The minimum absolute atomic E-state index is 0.0534. The highest BCUT2D eigenvalue weighted by Crippen LogP contribution is 2.26. The molecule has 124 valence electrons. The van der Waals surface area contributed by atoms with E-state index in [1.807, 2.05) is 20.8 Å². The van der Waals surface area contributed by atoms with Gasteiger partial charge in [-0.15, -0.1) is 11.3 Å². The molecule has 6 nitrogen and oxygen atoms in total. The van der Waals surface area contributed by atoms with Crippen molar-refractivity contribution < 1.29 is 4.79 Å². The molecule has 0 spiro atoms. The monoisotopic (exact) mass is 342 g/mol. The molecule has 0 aliphatic carbocycles. The van der Waals surface area contributed by atoms with Crippen molar-refractivity contribution in [2.24, 2.45) is 0 Å². The minimum atomic E-state index is -0.365. The highest BCUT2D eigenvalue weighted by atomic mass is 32.1. The molecule has 0 saturated heterocycles. The quantitative estimate of drug-likeness (QED) is 0.734. The second kappa shape index (κ2) is 6.16. The number of carbonyl (C=O) groups is 1. The zero-order valence-corrected chi connectivity index (χ0v) is 14.8. The molecule has 0 radical (unpaired) electrons. The molecule has 24 heavy (non-hydrogen) atoms. The van der Waals surface area contributed by atoms with Crippen LogP contribution >= 0.6 is 11.3 Å². The van der Waals surface area contributed by atoms with E-state index in [0.717, 1.165) is 15.6 Å². The largest absolute Gasteiger partial charge is 0.333 e. The van der Waals surface area contributed by atoms with Crippen molar-refractivity contribution in [2.75, 3.05) is 7.05 Å². The molecule has 0 saturated carbocycles. The molecular formula is C17H18N4O2S. The Morgan fingerprint density at radius 2 is 2.08 bits per heavy atom. The second-order valence-corrected chi connectivity index (χ2v) is 7.08. The maximum Gasteiger partial charge on any atom is 0.270 e. The first-order valence-electron chi connectivity index (χ1n) is 7.57. The Balaban J connectivity index is 1.98. The molecule has 0 aromatic carbocycles. The van der Waals surface area contributed by atoms with E-state index in [0.29, 0.717) is 5.65 Å². The van der Waals surface area contributed by atoms with Gasteiger partial charge >= 0.3 is 0 Å². The Kier molecular flexibility index (Phi) is 4.19. The van der Waals surface area contributed by atoms with Crippen molar-refractivity contribution in [3.8, 4) is 0 Å². The van der Waals surface area contributed by atoms with Crippen molar-refractivity contribution in [3.63, 3.8) is 0 Å². The van der Waals surface area contributed by atoms with Crippen molar-refractivity contribution in [3.05, 3.63) is 62.1 Å². The Bertz CT molecular complexity index is 976. The molecule has 7 heteroatoms. The third-order valence-corrected chi connectivity index (χ3v) is 4.98. The van der Waals surface area contributed by atoms with E-state index in [4.69, 9.17) is 0 Å². The van der Waals surface area contributed by atoms with Crippen LogP contribution in [0.4, 0.5) is 0 Å². The summed E-state index contributed by atoms with van der Waals surface area (Å²) in [4.78, 5) is 36.7. The number of aryl methyl sites for hydroxylation is 2. The van der Waals surface area contributed by atoms with Gasteiger partial charge in [0, 0.05) is 24.3 Å². The van der Waals surface area contributed by atoms with E-state index in [-0.39, 0.29) is 23.1 Å². The maximum absolute atomic E-state index is 12.8. The molecule has 1 atom stereocenters. The van der Waals surface area contributed by atoms with Gasteiger partial charge < -0.3 is 4.90 Å². The fraction of sp³-hybridized carbons (Fsp3) is 0.294. The molecule has 0 N–H and O–H groups in total. The molecule has 0 fully saturated rings. The number of thiazole rings is 1. The lowest BCUT2D eigenvalue weighted by Gasteiger charge is -2.24. The van der Waals surface area contributed by atoms with E-state index in [2.05, 4.69) is 9.97 Å². The lowest BCUT2D eigenvalue weighted by Crippen LogP contribution is -2.35. The van der Waals surface area contributed by atoms with Gasteiger partial charge in [0.2, 0.25) is 0 Å². The normalized spacial score (nSPS) is 12.3. The SMILES string of the molecule is Cc1nc(C(C)N(C)C(=O)c2cnc3ccccn3c2=O)c(C)s1. The van der Waals surface area contributed by atoms with Crippen molar-refractivity contribution in [1.29, 1.82) is 0 Å². The fourth-order valence-corrected chi connectivity index (χ4v) is 3.56. The van der Waals surface area contributed by atoms with Gasteiger partial charge in [-0.1, -0.05) is 6.07 Å². The summed E-state index contributed by atoms with van der Waals surface area (Å²) >= 11 is 1.60. The van der Waals surface area contributed by atoms with E-state index < -0.39 is 0 Å². The van der Waals surface area contributed by atoms with Crippen molar-refractivity contribution in [2.45, 2.75) is 26.8 Å². The van der Waals surface area contributed by atoms with Gasteiger partial charge in [-0.2, -0.15) is 0 Å². The fourth-order valence-electron chi connectivity index (χ4n) is 2.66. The van der Waals surface area contributed by atoms with Crippen LogP contribution in [0.3, 0.4) is 0 Å². The zero-order valence-electron chi connectivity index (χ0n) is 14.0. The summed E-state index contributed by atoms with van der Waals surface area (Å²) in [5.41, 5.74) is 1.07. The average Bonchev–Trinajstić information content (AvgIpc) is 2.92. The molecule has 0 aliphatic heterocycles. The Hall–Kier alpha value is -2.54. The zero-order chi connectivity index (χ0) is 17.4. The van der Waals surface area contributed by atoms with Crippen LogP contribution in [0.25, 0.3) is 5.65 Å². The van der Waals surface area contributed by atoms with E-state index >= 15 is 0 Å². The highest BCUT2D eigenvalue weighted by Gasteiger charge is 2.25. The lowest BCUT2D eigenvalue weighted by atomic mass is 10.1. The van der Waals surface area contributed by atoms with E-state index in [1.165, 1.54) is 15.5 Å². The van der Waals surface area contributed by atoms with Crippen molar-refractivity contribution in [1.82, 2.24) is 19.3 Å². The Labute approximate surface area is 143 Å². The summed E-state index contributed by atoms with van der Waals surface area (Å²) in [6.07, 6.45) is 2.96. The number of pyridine rings is 1. The minimum Gasteiger partial charge on any atom is -0.333 e. The molecule has 0 bridgehead atoms. The second-order valence-electron chi connectivity index (χ2n) is 5.67. The van der Waals surface area contributed by atoms with Crippen LogP contribution in [0.5, 0.6) is 0 Å². The number of rotatable bonds is 3. The first kappa shape index (κ1) is 16.3. The average molecular weight is 342 g/mol. The smallest absolute Gasteiger partial charge is 0.270 e. The molecule has 1 unspecified atom stereocenters. The number of carbonyl (C=O) groups excluding carboxylic acids is 1. The predicted octanol–water partition coefficient (Wildman–Crippen LogP) is 2.60. The summed E-state index contributed by atoms with van der Waals surface area (Å²) in [7, 11) is 1.68. The molecule has 0 aliphatic rings. The summed E-state index contributed by atoms with van der Waals surface area (Å²) in [6, 6.07) is 5.03. The summed E-state index contributed by atoms with van der Waals surface area (Å²) in [5, 5.41) is 0.961. The van der Waals surface area contributed by atoms with Crippen LogP contribution in [-0.2, 0) is 0 Å². The van der Waals surface area contributed by atoms with E-state index in [9.17, 15) is 9.59 Å². The topological polar surface area (TPSA) is 67.6 Å². The van der Waals surface area contributed by atoms with Crippen LogP contribution < -0.4 is 5.56 Å². The van der Waals surface area contributed by atoms with Crippen LogP contribution in [0, 0.1) is 13.8 Å². The summed E-state index contributed by atoms with van der Waals surface area (Å²) < 4.78 is 1.38. The molecule has 3 heterocycles. The van der Waals surface area contributed by atoms with E-state index in [1.54, 1.807) is 42.8 Å². The van der Waals surface area contributed by atoms with Gasteiger partial charge in [0.1, 0.15) is 11.2 Å². The number of aromatic nitrogens is 3. The van der Waals surface area contributed by atoms with Crippen molar-refractivity contribution >= 4 is 22.9 Å². The van der Waals surface area contributed by atoms with Gasteiger partial charge in [-0.05, 0) is 32.9 Å². The lowest BCUT2D eigenvalue weighted by molar-refractivity contribution is 0.0737. The van der Waals surface area contributed by atoms with Gasteiger partial charge in [0.15, 0.2) is 0 Å². The summed E-state index contributed by atoms with van der Waals surface area (Å²) in [6.45, 7) is 5.84. The van der Waals surface area contributed by atoms with Gasteiger partial charge in [-0.3, -0.25) is 14.0 Å². The number of fused-ring (bicyclic) bond motifs is 1. The van der Waals surface area contributed by atoms with Gasteiger partial charge in [0.05, 0.1) is 16.7 Å². The third kappa shape index (κ3) is 2.71. The van der Waals surface area contributed by atoms with Crippen LogP contribution in [-0.4, -0.2) is 32.2 Å². The first-order chi connectivity index (χ1) is 11.4. The van der Waals surface area contributed by atoms with Gasteiger partial charge in [-0.25, -0.2) is 9.97 Å². The van der Waals surface area contributed by atoms with Crippen LogP contribution in [0.15, 0.2) is 35.4 Å². The molecule has 3 aromatic heterocycles. The molecule has 3 aromatic rings. The number of amides is 1. The molecular weight excluding hydrogens is 324 g/mol. The van der Waals surface area contributed by atoms with Crippen LogP contribution in [0.2, 0.25) is 0 Å². The number of hydrogen-bond donors (Lipinski definition) is 0. The number of nitrogens with zero attached hydrogens (tertiary/aromatic N) is 4. The predicted molar refractivity (Wildman–Crippen MR) is 93.6 cm³/mol.